The number of alkyl halides is 6. The van der Waals surface area contributed by atoms with Gasteiger partial charge >= 0.3 is 12.4 Å². The first-order chi connectivity index (χ1) is 7.03. The molecule has 0 fully saturated rings. The Bertz CT molecular complexity index is 371. The van der Waals surface area contributed by atoms with Crippen molar-refractivity contribution in [2.75, 3.05) is 0 Å². The molecule has 0 N–H and O–H groups in total. The lowest BCUT2D eigenvalue weighted by Crippen LogP contribution is -2.12. The highest BCUT2D eigenvalue weighted by atomic mass is 79.9. The van der Waals surface area contributed by atoms with Gasteiger partial charge in [0, 0.05) is 8.95 Å². The third-order valence-corrected chi connectivity index (χ3v) is 2.96. The van der Waals surface area contributed by atoms with Crippen molar-refractivity contribution < 1.29 is 26.3 Å². The Morgan fingerprint density at radius 3 is 1.31 bits per heavy atom. The molecule has 0 heterocycles. The first-order valence-electron chi connectivity index (χ1n) is 3.67. The third kappa shape index (κ3) is 2.91. The summed E-state index contributed by atoms with van der Waals surface area (Å²) in [5.74, 6) is 0. The second-order valence-electron chi connectivity index (χ2n) is 2.81. The summed E-state index contributed by atoms with van der Waals surface area (Å²) in [4.78, 5) is 0. The predicted octanol–water partition coefficient (Wildman–Crippen LogP) is 5.25. The van der Waals surface area contributed by atoms with E-state index >= 15 is 0 Å². The van der Waals surface area contributed by atoms with E-state index < -0.39 is 28.0 Å². The molecule has 0 radical (unpaired) electrons. The molecule has 0 saturated heterocycles. The first-order valence-corrected chi connectivity index (χ1v) is 5.25. The molecule has 0 nitrogen and oxygen atoms in total. The summed E-state index contributed by atoms with van der Waals surface area (Å²) < 4.78 is 73.0. The van der Waals surface area contributed by atoms with E-state index in [0.717, 1.165) is 0 Å². The van der Waals surface area contributed by atoms with Crippen LogP contribution in [0.15, 0.2) is 21.1 Å². The molecule has 8 heteroatoms. The van der Waals surface area contributed by atoms with Gasteiger partial charge in [-0.15, -0.1) is 0 Å². The summed E-state index contributed by atoms with van der Waals surface area (Å²) in [5.41, 5.74) is -2.73. The Morgan fingerprint density at radius 2 is 1.06 bits per heavy atom. The molecule has 0 amide bonds. The maximum atomic E-state index is 12.4. The van der Waals surface area contributed by atoms with Crippen LogP contribution in [0.3, 0.4) is 0 Å². The minimum atomic E-state index is -4.84. The van der Waals surface area contributed by atoms with E-state index in [0.29, 0.717) is 12.1 Å². The molecular formula is C8H2Br2F6. The van der Waals surface area contributed by atoms with Gasteiger partial charge in [0.05, 0.1) is 11.1 Å². The molecule has 0 aliphatic rings. The van der Waals surface area contributed by atoms with Crippen LogP contribution >= 0.6 is 31.9 Å². The molecule has 0 aromatic heterocycles. The molecule has 0 aliphatic carbocycles. The molecule has 1 aromatic rings. The minimum Gasteiger partial charge on any atom is -0.166 e. The van der Waals surface area contributed by atoms with Crippen molar-refractivity contribution in [3.05, 3.63) is 32.2 Å². The van der Waals surface area contributed by atoms with Crippen LogP contribution in [0, 0.1) is 0 Å². The van der Waals surface area contributed by atoms with Gasteiger partial charge in [-0.25, -0.2) is 0 Å². The average molecular weight is 372 g/mol. The summed E-state index contributed by atoms with van der Waals surface area (Å²) >= 11 is 4.94. The van der Waals surface area contributed by atoms with E-state index in [2.05, 4.69) is 31.9 Å². The molecule has 90 valence electrons. The quantitative estimate of drug-likeness (QED) is 0.546. The van der Waals surface area contributed by atoms with E-state index in [1.165, 1.54) is 0 Å². The van der Waals surface area contributed by atoms with Gasteiger partial charge < -0.3 is 0 Å². The molecule has 16 heavy (non-hydrogen) atoms. The Balaban J connectivity index is 3.51. The van der Waals surface area contributed by atoms with Crippen LogP contribution in [0.4, 0.5) is 26.3 Å². The molecule has 0 spiro atoms. The van der Waals surface area contributed by atoms with Crippen molar-refractivity contribution in [2.24, 2.45) is 0 Å². The largest absolute Gasteiger partial charge is 0.417 e. The van der Waals surface area contributed by atoms with Crippen molar-refractivity contribution >= 4 is 31.9 Å². The molecule has 0 atom stereocenters. The standard InChI is InChI=1S/C8H2Br2F6/c9-3-1-4(7(11,12)13)6(10)5(2-3)8(14,15)16/h1-2H. The van der Waals surface area contributed by atoms with Crippen LogP contribution in [-0.2, 0) is 12.4 Å². The number of rotatable bonds is 0. The van der Waals surface area contributed by atoms with E-state index in [-0.39, 0.29) is 4.47 Å². The summed E-state index contributed by atoms with van der Waals surface area (Å²) in [7, 11) is 0. The molecule has 0 bridgehead atoms. The first kappa shape index (κ1) is 13.8. The smallest absolute Gasteiger partial charge is 0.166 e. The van der Waals surface area contributed by atoms with E-state index in [1.807, 2.05) is 0 Å². The Kier molecular flexibility index (Phi) is 3.64. The van der Waals surface area contributed by atoms with Crippen molar-refractivity contribution in [3.63, 3.8) is 0 Å². The zero-order chi connectivity index (χ0) is 12.7. The van der Waals surface area contributed by atoms with Gasteiger partial charge in [0.25, 0.3) is 0 Å². The van der Waals surface area contributed by atoms with Gasteiger partial charge in [0.1, 0.15) is 0 Å². The van der Waals surface area contributed by atoms with Gasteiger partial charge in [-0.1, -0.05) is 15.9 Å². The third-order valence-electron chi connectivity index (χ3n) is 1.65. The fourth-order valence-corrected chi connectivity index (χ4v) is 2.14. The Labute approximate surface area is 103 Å². The lowest BCUT2D eigenvalue weighted by atomic mass is 10.1. The molecule has 0 aliphatic heterocycles. The number of hydrogen-bond acceptors (Lipinski definition) is 0. The van der Waals surface area contributed by atoms with Gasteiger partial charge in [-0.3, -0.25) is 0 Å². The molecule has 1 aromatic carbocycles. The zero-order valence-electron chi connectivity index (χ0n) is 7.18. The maximum Gasteiger partial charge on any atom is 0.417 e. The van der Waals surface area contributed by atoms with Crippen LogP contribution in [-0.4, -0.2) is 0 Å². The minimum absolute atomic E-state index is 0.282. The summed E-state index contributed by atoms with van der Waals surface area (Å²) in [6.07, 6.45) is -9.69. The summed E-state index contributed by atoms with van der Waals surface area (Å²) in [6, 6.07) is 1.17. The van der Waals surface area contributed by atoms with Crippen LogP contribution in [0.5, 0.6) is 0 Å². The Hall–Kier alpha value is -0.240. The molecule has 0 unspecified atom stereocenters. The lowest BCUT2D eigenvalue weighted by Gasteiger charge is -2.15. The van der Waals surface area contributed by atoms with E-state index in [1.54, 1.807) is 0 Å². The van der Waals surface area contributed by atoms with E-state index in [9.17, 15) is 26.3 Å². The monoisotopic (exact) mass is 370 g/mol. The second kappa shape index (κ2) is 4.21. The lowest BCUT2D eigenvalue weighted by molar-refractivity contribution is -0.144. The topological polar surface area (TPSA) is 0 Å². The summed E-state index contributed by atoms with van der Waals surface area (Å²) in [6.45, 7) is 0. The number of hydrogen-bond donors (Lipinski definition) is 0. The van der Waals surface area contributed by atoms with Crippen molar-refractivity contribution in [3.8, 4) is 0 Å². The highest BCUT2D eigenvalue weighted by Gasteiger charge is 2.40. The zero-order valence-corrected chi connectivity index (χ0v) is 10.4. The van der Waals surface area contributed by atoms with Crippen LogP contribution in [0.25, 0.3) is 0 Å². The molecule has 1 rings (SSSR count). The summed E-state index contributed by atoms with van der Waals surface area (Å²) in [5, 5.41) is 0. The number of halogens is 8. The van der Waals surface area contributed by atoms with Crippen molar-refractivity contribution in [1.82, 2.24) is 0 Å². The molecular weight excluding hydrogens is 370 g/mol. The maximum absolute atomic E-state index is 12.4. The highest BCUT2D eigenvalue weighted by Crippen LogP contribution is 2.43. The van der Waals surface area contributed by atoms with E-state index in [4.69, 9.17) is 0 Å². The fraction of sp³-hybridized carbons (Fsp3) is 0.250. The van der Waals surface area contributed by atoms with Crippen LogP contribution < -0.4 is 0 Å². The van der Waals surface area contributed by atoms with Crippen molar-refractivity contribution in [1.29, 1.82) is 0 Å². The predicted molar refractivity (Wildman–Crippen MR) is 51.8 cm³/mol. The van der Waals surface area contributed by atoms with Gasteiger partial charge in [-0.2, -0.15) is 26.3 Å². The van der Waals surface area contributed by atoms with Crippen LogP contribution in [0.2, 0.25) is 0 Å². The fourth-order valence-electron chi connectivity index (χ4n) is 1.00. The average Bonchev–Trinajstić information content (AvgIpc) is 2.04. The normalized spacial score (nSPS) is 13.0. The molecule has 0 saturated carbocycles. The van der Waals surface area contributed by atoms with Crippen molar-refractivity contribution in [2.45, 2.75) is 12.4 Å². The Morgan fingerprint density at radius 1 is 0.750 bits per heavy atom. The van der Waals surface area contributed by atoms with Gasteiger partial charge in [0.2, 0.25) is 0 Å². The SMILES string of the molecule is FC(F)(F)c1cc(Br)cc(C(F)(F)F)c1Br. The van der Waals surface area contributed by atoms with Crippen LogP contribution in [0.1, 0.15) is 11.1 Å². The highest BCUT2D eigenvalue weighted by molar-refractivity contribution is 9.11. The second-order valence-corrected chi connectivity index (χ2v) is 4.52. The van der Waals surface area contributed by atoms with Gasteiger partial charge in [0.15, 0.2) is 0 Å². The number of benzene rings is 1. The van der Waals surface area contributed by atoms with Gasteiger partial charge in [-0.05, 0) is 28.1 Å².